The third-order valence-corrected chi connectivity index (χ3v) is 6.06. The minimum Gasteiger partial charge on any atom is -0.351 e. The monoisotopic (exact) mass is 392 g/mol. The second kappa shape index (κ2) is 15.7. The third kappa shape index (κ3) is 10.4. The highest BCUT2D eigenvalue weighted by Gasteiger charge is 2.35. The fraction of sp³-hybridized carbons (Fsp3) is 0.833. The number of unbranched alkanes of at least 4 members (excludes halogenated alkanes) is 9. The number of aliphatic imine (C=N–C) groups is 1. The maximum Gasteiger partial charge on any atom is 0.217 e. The first-order valence-electron chi connectivity index (χ1n) is 11.9. The van der Waals surface area contributed by atoms with Crippen molar-refractivity contribution in [2.24, 2.45) is 4.99 Å². The summed E-state index contributed by atoms with van der Waals surface area (Å²) < 4.78 is 0.994. The molecule has 1 atom stereocenters. The van der Waals surface area contributed by atoms with Gasteiger partial charge in [0.15, 0.2) is 5.84 Å². The summed E-state index contributed by atoms with van der Waals surface area (Å²) in [7, 11) is 0. The van der Waals surface area contributed by atoms with Gasteiger partial charge in [0, 0.05) is 13.3 Å². The van der Waals surface area contributed by atoms with Gasteiger partial charge in [-0.05, 0) is 32.6 Å². The Balaban J connectivity index is 2.05. The van der Waals surface area contributed by atoms with Crippen LogP contribution in [0.15, 0.2) is 17.1 Å². The molecule has 0 saturated heterocycles. The van der Waals surface area contributed by atoms with Gasteiger partial charge in [0.1, 0.15) is 13.1 Å². The van der Waals surface area contributed by atoms with E-state index >= 15 is 0 Å². The summed E-state index contributed by atoms with van der Waals surface area (Å²) in [5, 5.41) is 2.96. The van der Waals surface area contributed by atoms with Crippen LogP contribution in [0.5, 0.6) is 0 Å². The lowest BCUT2D eigenvalue weighted by molar-refractivity contribution is -0.833. The smallest absolute Gasteiger partial charge is 0.217 e. The van der Waals surface area contributed by atoms with Crippen molar-refractivity contribution in [2.75, 3.05) is 32.7 Å². The Labute approximate surface area is 174 Å². The van der Waals surface area contributed by atoms with Gasteiger partial charge in [-0.3, -0.25) is 9.28 Å². The fourth-order valence-electron chi connectivity index (χ4n) is 4.22. The van der Waals surface area contributed by atoms with Crippen LogP contribution in [0, 0.1) is 0 Å². The Bertz CT molecular complexity index is 472. The lowest BCUT2D eigenvalue weighted by atomic mass is 10.0. The van der Waals surface area contributed by atoms with Gasteiger partial charge in [0.05, 0.1) is 19.6 Å². The molecule has 0 fully saturated rings. The quantitative estimate of drug-likeness (QED) is 0.195. The Morgan fingerprint density at radius 3 is 2.25 bits per heavy atom. The van der Waals surface area contributed by atoms with E-state index in [-0.39, 0.29) is 5.91 Å². The standard InChI is InChI=1S/C24H45N3O/c1-4-6-7-8-9-10-11-12-13-14-15-16-17-18-24-26-20-22-27(24,5-2)21-19-25-23(3)28/h6-7H,4-5,8-22H2,1-3H3/p+1/b7-6+. The molecule has 0 aliphatic carbocycles. The van der Waals surface area contributed by atoms with Gasteiger partial charge < -0.3 is 5.32 Å². The molecule has 1 rings (SSSR count). The highest BCUT2D eigenvalue weighted by Crippen LogP contribution is 2.20. The van der Waals surface area contributed by atoms with Crippen molar-refractivity contribution >= 4 is 11.7 Å². The molecule has 1 N–H and O–H groups in total. The van der Waals surface area contributed by atoms with Crippen molar-refractivity contribution in [3.8, 4) is 0 Å². The van der Waals surface area contributed by atoms with Crippen molar-refractivity contribution in [1.29, 1.82) is 0 Å². The minimum absolute atomic E-state index is 0.0697. The van der Waals surface area contributed by atoms with Gasteiger partial charge >= 0.3 is 0 Å². The Morgan fingerprint density at radius 2 is 1.64 bits per heavy atom. The van der Waals surface area contributed by atoms with Crippen molar-refractivity contribution < 1.29 is 9.28 Å². The number of hydrogen-bond acceptors (Lipinski definition) is 2. The minimum atomic E-state index is 0.0697. The van der Waals surface area contributed by atoms with Crippen LogP contribution < -0.4 is 5.32 Å². The van der Waals surface area contributed by atoms with Crippen LogP contribution >= 0.6 is 0 Å². The van der Waals surface area contributed by atoms with Crippen LogP contribution in [0.3, 0.4) is 0 Å². The number of rotatable bonds is 17. The maximum absolute atomic E-state index is 11.1. The van der Waals surface area contributed by atoms with E-state index in [1.54, 1.807) is 6.92 Å². The molecule has 1 unspecified atom stereocenters. The SMILES string of the molecule is CC/C=C/CCCCCCCCCCCC1=NCC[N+]1(CC)CCNC(C)=O. The second-order valence-electron chi connectivity index (χ2n) is 8.29. The number of carbonyl (C=O) groups excluding carboxylic acids is 1. The van der Waals surface area contributed by atoms with E-state index < -0.39 is 0 Å². The summed E-state index contributed by atoms with van der Waals surface area (Å²) in [6.07, 6.45) is 20.5. The van der Waals surface area contributed by atoms with Crippen LogP contribution in [-0.2, 0) is 4.79 Å². The number of carbonyl (C=O) groups is 1. The third-order valence-electron chi connectivity index (χ3n) is 6.06. The van der Waals surface area contributed by atoms with E-state index in [0.717, 1.165) is 43.6 Å². The van der Waals surface area contributed by atoms with Crippen molar-refractivity contribution in [1.82, 2.24) is 5.32 Å². The predicted molar refractivity (Wildman–Crippen MR) is 122 cm³/mol. The zero-order valence-electron chi connectivity index (χ0n) is 19.0. The topological polar surface area (TPSA) is 41.5 Å². The fourth-order valence-corrected chi connectivity index (χ4v) is 4.22. The number of nitrogens with one attached hydrogen (secondary N) is 1. The number of hydrogen-bond donors (Lipinski definition) is 1. The number of amidine groups is 1. The highest BCUT2D eigenvalue weighted by molar-refractivity contribution is 5.77. The summed E-state index contributed by atoms with van der Waals surface area (Å²) in [5.74, 6) is 1.45. The zero-order valence-corrected chi connectivity index (χ0v) is 19.0. The largest absolute Gasteiger partial charge is 0.351 e. The van der Waals surface area contributed by atoms with E-state index in [2.05, 4.69) is 31.3 Å². The van der Waals surface area contributed by atoms with Gasteiger partial charge in [0.2, 0.25) is 5.91 Å². The number of quaternary nitrogens is 1. The molecule has 0 saturated carbocycles. The lowest BCUT2D eigenvalue weighted by Crippen LogP contribution is -2.54. The van der Waals surface area contributed by atoms with E-state index in [1.807, 2.05) is 0 Å². The van der Waals surface area contributed by atoms with E-state index in [1.165, 1.54) is 76.5 Å². The predicted octanol–water partition coefficient (Wildman–Crippen LogP) is 5.63. The molecular weight excluding hydrogens is 346 g/mol. The van der Waals surface area contributed by atoms with E-state index in [4.69, 9.17) is 4.99 Å². The molecule has 0 radical (unpaired) electrons. The van der Waals surface area contributed by atoms with Crippen LogP contribution in [0.2, 0.25) is 0 Å². The molecule has 0 aromatic rings. The number of amides is 1. The van der Waals surface area contributed by atoms with Crippen LogP contribution in [0.1, 0.15) is 97.8 Å². The summed E-state index contributed by atoms with van der Waals surface area (Å²) >= 11 is 0. The van der Waals surface area contributed by atoms with Crippen molar-refractivity contribution in [2.45, 2.75) is 97.8 Å². The van der Waals surface area contributed by atoms with Gasteiger partial charge in [-0.1, -0.05) is 64.0 Å². The molecule has 0 bridgehead atoms. The summed E-state index contributed by atoms with van der Waals surface area (Å²) in [6, 6.07) is 0. The molecule has 0 spiro atoms. The molecule has 1 heterocycles. The second-order valence-corrected chi connectivity index (χ2v) is 8.29. The average Bonchev–Trinajstić information content (AvgIpc) is 3.08. The number of allylic oxidation sites excluding steroid dienone is 2. The molecule has 1 aliphatic rings. The van der Waals surface area contributed by atoms with Crippen LogP contribution in [0.25, 0.3) is 0 Å². The lowest BCUT2D eigenvalue weighted by Gasteiger charge is -2.33. The van der Waals surface area contributed by atoms with Gasteiger partial charge in [0.25, 0.3) is 0 Å². The molecule has 4 heteroatoms. The van der Waals surface area contributed by atoms with E-state index in [0.29, 0.717) is 0 Å². The summed E-state index contributed by atoms with van der Waals surface area (Å²) in [6.45, 7) is 11.0. The molecule has 1 amide bonds. The van der Waals surface area contributed by atoms with Crippen LogP contribution in [-0.4, -0.2) is 48.9 Å². The normalized spacial score (nSPS) is 19.3. The van der Waals surface area contributed by atoms with Gasteiger partial charge in [-0.25, -0.2) is 4.99 Å². The molecule has 4 nitrogen and oxygen atoms in total. The molecule has 28 heavy (non-hydrogen) atoms. The first-order valence-corrected chi connectivity index (χ1v) is 11.9. The summed E-state index contributed by atoms with van der Waals surface area (Å²) in [5.41, 5.74) is 0. The number of likely N-dealkylation sites (N-methyl/N-ethyl adjacent to an activating group) is 1. The Hall–Kier alpha value is -1.16. The summed E-state index contributed by atoms with van der Waals surface area (Å²) in [4.78, 5) is 16.0. The van der Waals surface area contributed by atoms with Crippen molar-refractivity contribution in [3.63, 3.8) is 0 Å². The molecular formula is C24H46N3O+. The molecule has 1 aliphatic heterocycles. The Morgan fingerprint density at radius 1 is 1.00 bits per heavy atom. The van der Waals surface area contributed by atoms with E-state index in [9.17, 15) is 4.79 Å². The molecule has 0 aromatic carbocycles. The van der Waals surface area contributed by atoms with Crippen molar-refractivity contribution in [3.05, 3.63) is 12.2 Å². The number of nitrogens with zero attached hydrogens (tertiary/aromatic N) is 2. The Kier molecular flexibility index (Phi) is 14.0. The van der Waals surface area contributed by atoms with Crippen LogP contribution in [0.4, 0.5) is 0 Å². The van der Waals surface area contributed by atoms with Gasteiger partial charge in [-0.2, -0.15) is 0 Å². The first kappa shape index (κ1) is 24.9. The maximum atomic E-state index is 11.1. The van der Waals surface area contributed by atoms with Gasteiger partial charge in [-0.15, -0.1) is 0 Å². The molecule has 0 aromatic heterocycles. The average molecular weight is 393 g/mol. The molecule has 162 valence electrons. The first-order chi connectivity index (χ1) is 13.6. The highest BCUT2D eigenvalue weighted by atomic mass is 16.1. The zero-order chi connectivity index (χ0) is 20.5.